The van der Waals surface area contributed by atoms with Crippen molar-refractivity contribution in [1.82, 2.24) is 9.55 Å². The van der Waals surface area contributed by atoms with Crippen molar-refractivity contribution in [3.8, 4) is 11.4 Å². The van der Waals surface area contributed by atoms with Gasteiger partial charge in [0.05, 0.1) is 33.8 Å². The first-order valence-corrected chi connectivity index (χ1v) is 17.4. The van der Waals surface area contributed by atoms with Crippen molar-refractivity contribution in [2.24, 2.45) is 0 Å². The molecule has 1 N–H and O–H groups in total. The number of aromatic amines is 1. The molecule has 5 rings (SSSR count). The minimum Gasteiger partial charge on any atom is -0.489 e. The second-order valence-electron chi connectivity index (χ2n) is 11.4. The Kier molecular flexibility index (Phi) is 7.01. The van der Waals surface area contributed by atoms with Crippen LogP contribution in [0.2, 0.25) is 18.1 Å². The number of H-pyrrole nitrogens is 1. The van der Waals surface area contributed by atoms with E-state index in [1.807, 2.05) is 0 Å². The molecule has 0 saturated heterocycles. The Morgan fingerprint density at radius 2 is 1.70 bits per heavy atom. The SMILES string of the molecule is CC(C)(C)[Si](C)(C)OCC1COc2ccccc2N1S(=O)(=O)c1cccc(-n2c(=O)[nH]c3ccccc3c2=O)c1. The third-order valence-electron chi connectivity index (χ3n) is 7.75. The average molecular weight is 580 g/mol. The number of nitrogens with one attached hydrogen (secondary N) is 1. The molecule has 0 spiro atoms. The number of aromatic nitrogens is 2. The van der Waals surface area contributed by atoms with Gasteiger partial charge in [-0.25, -0.2) is 17.8 Å². The van der Waals surface area contributed by atoms with E-state index in [1.54, 1.807) is 48.5 Å². The number of benzene rings is 3. The van der Waals surface area contributed by atoms with Crippen molar-refractivity contribution >= 4 is 34.9 Å². The Balaban J connectivity index is 1.59. The zero-order valence-corrected chi connectivity index (χ0v) is 25.0. The van der Waals surface area contributed by atoms with E-state index >= 15 is 0 Å². The van der Waals surface area contributed by atoms with E-state index in [0.717, 1.165) is 4.57 Å². The molecule has 0 saturated carbocycles. The van der Waals surface area contributed by atoms with Crippen LogP contribution in [-0.2, 0) is 14.4 Å². The lowest BCUT2D eigenvalue weighted by atomic mass is 10.2. The highest BCUT2D eigenvalue weighted by molar-refractivity contribution is 7.92. The van der Waals surface area contributed by atoms with Crippen LogP contribution in [0, 0.1) is 0 Å². The summed E-state index contributed by atoms with van der Waals surface area (Å²) in [7, 11) is -6.36. The Morgan fingerprint density at radius 3 is 2.45 bits per heavy atom. The maximum absolute atomic E-state index is 14.3. The van der Waals surface area contributed by atoms with Crippen LogP contribution in [0.3, 0.4) is 0 Å². The van der Waals surface area contributed by atoms with Crippen molar-refractivity contribution in [2.75, 3.05) is 17.5 Å². The summed E-state index contributed by atoms with van der Waals surface area (Å²) in [5.74, 6) is 0.452. The van der Waals surface area contributed by atoms with Gasteiger partial charge in [-0.15, -0.1) is 0 Å². The molecule has 11 heteroatoms. The number of para-hydroxylation sites is 3. The second kappa shape index (κ2) is 10.1. The highest BCUT2D eigenvalue weighted by Crippen LogP contribution is 2.40. The number of ether oxygens (including phenoxy) is 1. The molecule has 3 aromatic carbocycles. The monoisotopic (exact) mass is 579 g/mol. The molecule has 1 aliphatic rings. The number of nitrogens with zero attached hydrogens (tertiary/aromatic N) is 2. The van der Waals surface area contributed by atoms with Crippen LogP contribution >= 0.6 is 0 Å². The van der Waals surface area contributed by atoms with Crippen LogP contribution < -0.4 is 20.3 Å². The molecule has 1 aliphatic heterocycles. The maximum atomic E-state index is 14.3. The molecule has 0 bridgehead atoms. The summed E-state index contributed by atoms with van der Waals surface area (Å²) in [5.41, 5.74) is -0.230. The lowest BCUT2D eigenvalue weighted by Crippen LogP contribution is -2.52. The highest BCUT2D eigenvalue weighted by Gasteiger charge is 2.42. The minimum atomic E-state index is -4.17. The van der Waals surface area contributed by atoms with Crippen molar-refractivity contribution in [2.45, 2.75) is 49.8 Å². The van der Waals surface area contributed by atoms with Gasteiger partial charge in [0.25, 0.3) is 15.6 Å². The van der Waals surface area contributed by atoms with E-state index in [-0.39, 0.29) is 28.8 Å². The summed E-state index contributed by atoms with van der Waals surface area (Å²) in [6, 6.07) is 18.9. The normalized spacial score (nSPS) is 16.0. The number of rotatable bonds is 6. The predicted molar refractivity (Wildman–Crippen MR) is 159 cm³/mol. The van der Waals surface area contributed by atoms with E-state index in [2.05, 4.69) is 38.8 Å². The van der Waals surface area contributed by atoms with Gasteiger partial charge in [-0.3, -0.25) is 9.10 Å². The molecule has 0 amide bonds. The van der Waals surface area contributed by atoms with Crippen LogP contribution in [0.25, 0.3) is 16.6 Å². The summed E-state index contributed by atoms with van der Waals surface area (Å²) in [6.45, 7) is 10.9. The van der Waals surface area contributed by atoms with E-state index in [1.165, 1.54) is 28.6 Å². The van der Waals surface area contributed by atoms with Crippen LogP contribution in [0.4, 0.5) is 5.69 Å². The van der Waals surface area contributed by atoms with Crippen molar-refractivity contribution in [1.29, 1.82) is 0 Å². The largest absolute Gasteiger partial charge is 0.489 e. The van der Waals surface area contributed by atoms with Crippen LogP contribution in [0.1, 0.15) is 20.8 Å². The zero-order chi connectivity index (χ0) is 28.9. The molecule has 2 heterocycles. The van der Waals surface area contributed by atoms with Gasteiger partial charge in [0.1, 0.15) is 18.4 Å². The number of fused-ring (bicyclic) bond motifs is 2. The van der Waals surface area contributed by atoms with Gasteiger partial charge in [0, 0.05) is 0 Å². The summed E-state index contributed by atoms with van der Waals surface area (Å²) in [4.78, 5) is 28.8. The van der Waals surface area contributed by atoms with E-state index in [4.69, 9.17) is 9.16 Å². The molecule has 1 aromatic heterocycles. The van der Waals surface area contributed by atoms with Crippen LogP contribution in [0.15, 0.2) is 87.3 Å². The molecule has 210 valence electrons. The van der Waals surface area contributed by atoms with Gasteiger partial charge in [0.15, 0.2) is 8.32 Å². The molecule has 9 nitrogen and oxygen atoms in total. The molecule has 0 radical (unpaired) electrons. The third-order valence-corrected chi connectivity index (χ3v) is 14.1. The molecule has 1 atom stereocenters. The fraction of sp³-hybridized carbons (Fsp3) is 0.310. The smallest absolute Gasteiger partial charge is 0.333 e. The minimum absolute atomic E-state index is 0.0569. The quantitative estimate of drug-likeness (QED) is 0.333. The van der Waals surface area contributed by atoms with Gasteiger partial charge in [0.2, 0.25) is 0 Å². The molecule has 4 aromatic rings. The number of hydrogen-bond acceptors (Lipinski definition) is 6. The number of anilines is 1. The lowest BCUT2D eigenvalue weighted by Gasteiger charge is -2.41. The van der Waals surface area contributed by atoms with Gasteiger partial charge in [-0.1, -0.05) is 51.1 Å². The number of hydrogen-bond donors (Lipinski definition) is 1. The predicted octanol–water partition coefficient (Wildman–Crippen LogP) is 4.66. The Morgan fingerprint density at radius 1 is 1.00 bits per heavy atom. The average Bonchev–Trinajstić information content (AvgIpc) is 2.91. The maximum Gasteiger partial charge on any atom is 0.333 e. The van der Waals surface area contributed by atoms with E-state index < -0.39 is 35.6 Å². The Bertz CT molecular complexity index is 1810. The fourth-order valence-electron chi connectivity index (χ4n) is 4.47. The van der Waals surface area contributed by atoms with Gasteiger partial charge in [-0.05, 0) is 60.6 Å². The number of sulfonamides is 1. The highest BCUT2D eigenvalue weighted by atomic mass is 32.2. The Labute approximate surface area is 234 Å². The van der Waals surface area contributed by atoms with E-state index in [0.29, 0.717) is 22.3 Å². The molecule has 40 heavy (non-hydrogen) atoms. The topological polar surface area (TPSA) is 111 Å². The molecular formula is C29H33N3O6SSi. The first-order chi connectivity index (χ1) is 18.8. The third kappa shape index (κ3) is 4.89. The fourth-order valence-corrected chi connectivity index (χ4v) is 7.18. The zero-order valence-electron chi connectivity index (χ0n) is 23.2. The van der Waals surface area contributed by atoms with Crippen molar-refractivity contribution < 1.29 is 17.6 Å². The van der Waals surface area contributed by atoms with E-state index in [9.17, 15) is 18.0 Å². The second-order valence-corrected chi connectivity index (χ2v) is 18.0. The summed E-state index contributed by atoms with van der Waals surface area (Å²) in [6.07, 6.45) is 0. The summed E-state index contributed by atoms with van der Waals surface area (Å²) < 4.78 is 43.3. The molecule has 1 unspecified atom stereocenters. The first-order valence-electron chi connectivity index (χ1n) is 13.1. The lowest BCUT2D eigenvalue weighted by molar-refractivity contribution is 0.199. The Hall–Kier alpha value is -3.67. The molecular weight excluding hydrogens is 546 g/mol. The van der Waals surface area contributed by atoms with Gasteiger partial charge < -0.3 is 14.1 Å². The van der Waals surface area contributed by atoms with Crippen LogP contribution in [0.5, 0.6) is 5.75 Å². The first kappa shape index (κ1) is 27.9. The summed E-state index contributed by atoms with van der Waals surface area (Å²) in [5, 5.41) is 0.263. The van der Waals surface area contributed by atoms with Gasteiger partial charge >= 0.3 is 5.69 Å². The van der Waals surface area contributed by atoms with Crippen molar-refractivity contribution in [3.63, 3.8) is 0 Å². The summed E-state index contributed by atoms with van der Waals surface area (Å²) >= 11 is 0. The molecule has 0 aliphatic carbocycles. The van der Waals surface area contributed by atoms with Crippen LogP contribution in [-0.4, -0.2) is 45.5 Å². The van der Waals surface area contributed by atoms with Crippen molar-refractivity contribution in [3.05, 3.63) is 93.6 Å². The standard InChI is InChI=1S/C29H33N3O6SSi/c1-29(2,3)40(4,5)38-19-21-18-37-26-16-9-8-15-25(26)32(21)39(35,36)22-12-10-11-20(17-22)31-27(33)23-13-6-7-14-24(23)30-28(31)34/h6-17,21H,18-19H2,1-5H3,(H,30,34). The molecule has 0 fully saturated rings. The van der Waals surface area contributed by atoms with Gasteiger partial charge in [-0.2, -0.15) is 0 Å².